The van der Waals surface area contributed by atoms with Gasteiger partial charge >= 0.3 is 17.1 Å². The average Bonchev–Trinajstić information content (AvgIpc) is 3.29. The molecule has 2 heterocycles. The first-order valence-corrected chi connectivity index (χ1v) is 8.41. The van der Waals surface area contributed by atoms with Gasteiger partial charge in [-0.3, -0.25) is 4.99 Å². The Hall–Kier alpha value is -2.42. The molecule has 0 spiro atoms. The van der Waals surface area contributed by atoms with E-state index < -0.39 is 0 Å². The Balaban J connectivity index is 0.000000395. The summed E-state index contributed by atoms with van der Waals surface area (Å²) < 4.78 is 0. The Kier molecular flexibility index (Phi) is 9.49. The topological polar surface area (TPSA) is 90.7 Å². The fraction of sp³-hybridized carbons (Fsp3) is 0.238. The molecule has 0 bridgehead atoms. The van der Waals surface area contributed by atoms with Gasteiger partial charge in [0.15, 0.2) is 0 Å². The summed E-state index contributed by atoms with van der Waals surface area (Å²) in [5, 5.41) is 26.0. The Bertz CT molecular complexity index is 807. The standard InChI is InChI=1S/C16H10N3.C5H12O2.Cu/c17-11-12-5-7-13(8-6-12)16(14-3-1-9-18-14)15-4-2-10-19-15;1-4(6)3-5(2)7;/h1-10H;4-7H,3H2,1-2H3;/q-1;;+1. The van der Waals surface area contributed by atoms with Gasteiger partial charge < -0.3 is 15.2 Å². The van der Waals surface area contributed by atoms with Crippen molar-refractivity contribution in [1.29, 1.82) is 5.26 Å². The first-order valence-electron chi connectivity index (χ1n) is 8.41. The van der Waals surface area contributed by atoms with Crippen molar-refractivity contribution in [3.05, 3.63) is 77.3 Å². The molecular weight excluding hydrogens is 390 g/mol. The van der Waals surface area contributed by atoms with Crippen LogP contribution in [0.3, 0.4) is 0 Å². The van der Waals surface area contributed by atoms with E-state index in [1.165, 1.54) is 0 Å². The summed E-state index contributed by atoms with van der Waals surface area (Å²) in [4.78, 5) is 8.70. The molecule has 6 heteroatoms. The Labute approximate surface area is 170 Å². The smallest absolute Gasteiger partial charge is 0.664 e. The quantitative estimate of drug-likeness (QED) is 0.756. The third-order valence-electron chi connectivity index (χ3n) is 3.60. The van der Waals surface area contributed by atoms with Crippen LogP contribution in [0.4, 0.5) is 0 Å². The maximum absolute atomic E-state index is 8.85. The average molecular weight is 412 g/mol. The minimum Gasteiger partial charge on any atom is -0.664 e. The number of aliphatic hydroxyl groups is 2. The number of aliphatic hydroxyl groups excluding tert-OH is 2. The second-order valence-corrected chi connectivity index (χ2v) is 6.04. The van der Waals surface area contributed by atoms with E-state index >= 15 is 0 Å². The van der Waals surface area contributed by atoms with Crippen molar-refractivity contribution in [2.75, 3.05) is 0 Å². The zero-order chi connectivity index (χ0) is 18.9. The van der Waals surface area contributed by atoms with Gasteiger partial charge in [-0.05, 0) is 55.7 Å². The van der Waals surface area contributed by atoms with E-state index in [0.29, 0.717) is 12.0 Å². The molecule has 27 heavy (non-hydrogen) atoms. The second kappa shape index (κ2) is 11.3. The van der Waals surface area contributed by atoms with E-state index in [9.17, 15) is 0 Å². The first-order chi connectivity index (χ1) is 12.5. The molecule has 2 N–H and O–H groups in total. The predicted octanol–water partition coefficient (Wildman–Crippen LogP) is 3.05. The van der Waals surface area contributed by atoms with Crippen LogP contribution in [0.2, 0.25) is 0 Å². The fourth-order valence-electron chi connectivity index (χ4n) is 2.53. The molecule has 0 saturated carbocycles. The largest absolute Gasteiger partial charge is 1.00 e. The number of hydrogen-bond acceptors (Lipinski definition) is 4. The third-order valence-corrected chi connectivity index (χ3v) is 3.60. The van der Waals surface area contributed by atoms with Crippen LogP contribution in [0.15, 0.2) is 65.4 Å². The second-order valence-electron chi connectivity index (χ2n) is 6.04. The molecule has 1 aromatic carbocycles. The zero-order valence-corrected chi connectivity index (χ0v) is 16.1. The molecule has 1 aromatic heterocycles. The number of aromatic nitrogens is 1. The fourth-order valence-corrected chi connectivity index (χ4v) is 2.53. The van der Waals surface area contributed by atoms with Crippen molar-refractivity contribution in [1.82, 2.24) is 4.98 Å². The van der Waals surface area contributed by atoms with Crippen LogP contribution in [-0.2, 0) is 17.1 Å². The van der Waals surface area contributed by atoms with Crippen LogP contribution >= 0.6 is 0 Å². The van der Waals surface area contributed by atoms with Gasteiger partial charge in [0.1, 0.15) is 0 Å². The summed E-state index contributed by atoms with van der Waals surface area (Å²) in [7, 11) is 0. The van der Waals surface area contributed by atoms with Crippen LogP contribution in [0.5, 0.6) is 0 Å². The van der Waals surface area contributed by atoms with Gasteiger partial charge in [0.25, 0.3) is 0 Å². The van der Waals surface area contributed by atoms with E-state index in [4.69, 9.17) is 15.5 Å². The first kappa shape index (κ1) is 22.6. The normalized spacial score (nSPS) is 15.8. The van der Waals surface area contributed by atoms with Crippen LogP contribution in [-0.4, -0.2) is 28.6 Å². The van der Waals surface area contributed by atoms with Gasteiger partial charge in [-0.25, -0.2) is 0 Å². The van der Waals surface area contributed by atoms with E-state index in [2.05, 4.69) is 16.0 Å². The molecule has 0 amide bonds. The van der Waals surface area contributed by atoms with Gasteiger partial charge in [0.2, 0.25) is 0 Å². The maximum atomic E-state index is 8.85. The number of nitrogens with zero attached hydrogens (tertiary/aromatic N) is 3. The summed E-state index contributed by atoms with van der Waals surface area (Å²) >= 11 is 0. The van der Waals surface area contributed by atoms with E-state index in [0.717, 1.165) is 22.5 Å². The minimum atomic E-state index is -0.375. The molecule has 144 valence electrons. The number of hydrogen-bond donors (Lipinski definition) is 2. The van der Waals surface area contributed by atoms with Crippen molar-refractivity contribution in [2.24, 2.45) is 4.99 Å². The molecular formula is C21H22CuN3O2. The number of nitriles is 1. The monoisotopic (exact) mass is 411 g/mol. The molecule has 0 saturated heterocycles. The van der Waals surface area contributed by atoms with Crippen LogP contribution in [0, 0.1) is 11.3 Å². The summed E-state index contributed by atoms with van der Waals surface area (Å²) in [5.41, 5.74) is 4.43. The number of allylic oxidation sites excluding steroid dienone is 2. The van der Waals surface area contributed by atoms with Crippen LogP contribution < -0.4 is 4.98 Å². The Morgan fingerprint density at radius 3 is 2.22 bits per heavy atom. The number of benzene rings is 1. The molecule has 1 aliphatic rings. The van der Waals surface area contributed by atoms with Crippen LogP contribution in [0.25, 0.3) is 5.57 Å². The predicted molar refractivity (Wildman–Crippen MR) is 103 cm³/mol. The summed E-state index contributed by atoms with van der Waals surface area (Å²) in [6.45, 7) is 3.32. The number of aliphatic imine (C=N–C) groups is 1. The molecule has 0 radical (unpaired) electrons. The summed E-state index contributed by atoms with van der Waals surface area (Å²) in [6, 6.07) is 13.5. The van der Waals surface area contributed by atoms with Crippen molar-refractivity contribution in [3.63, 3.8) is 0 Å². The molecule has 0 fully saturated rings. The van der Waals surface area contributed by atoms with Crippen molar-refractivity contribution in [3.8, 4) is 6.07 Å². The Morgan fingerprint density at radius 1 is 1.15 bits per heavy atom. The van der Waals surface area contributed by atoms with Gasteiger partial charge in [-0.15, -0.1) is 5.69 Å². The van der Waals surface area contributed by atoms with Gasteiger partial charge in [0, 0.05) is 6.21 Å². The van der Waals surface area contributed by atoms with Crippen molar-refractivity contribution < 1.29 is 27.3 Å². The molecule has 0 aliphatic carbocycles. The Morgan fingerprint density at radius 2 is 1.81 bits per heavy atom. The molecule has 3 rings (SSSR count). The number of rotatable bonds is 4. The molecule has 2 atom stereocenters. The maximum Gasteiger partial charge on any atom is 1.00 e. The molecule has 2 aromatic rings. The zero-order valence-electron chi connectivity index (χ0n) is 15.2. The summed E-state index contributed by atoms with van der Waals surface area (Å²) in [6.07, 6.45) is 7.12. The van der Waals surface area contributed by atoms with Crippen molar-refractivity contribution in [2.45, 2.75) is 32.5 Å². The third kappa shape index (κ3) is 7.01. The molecule has 5 nitrogen and oxygen atoms in total. The van der Waals surface area contributed by atoms with Crippen molar-refractivity contribution >= 4 is 11.8 Å². The van der Waals surface area contributed by atoms with Crippen LogP contribution in [0.1, 0.15) is 37.1 Å². The SMILES string of the molecule is CC(O)CC(C)O.N#Cc1ccc(C(=C2C=CC=N2)c2ccc[n-]2)cc1.[Cu+]. The van der Waals surface area contributed by atoms with Gasteiger partial charge in [-0.1, -0.05) is 24.3 Å². The summed E-state index contributed by atoms with van der Waals surface area (Å²) in [5.74, 6) is 0. The van der Waals surface area contributed by atoms with E-state index in [1.807, 2.05) is 36.4 Å². The minimum absolute atomic E-state index is 0. The molecule has 1 aliphatic heterocycles. The van der Waals surface area contributed by atoms with E-state index in [1.54, 1.807) is 38.4 Å². The van der Waals surface area contributed by atoms with Gasteiger partial charge in [0.05, 0.1) is 29.5 Å². The van der Waals surface area contributed by atoms with Gasteiger partial charge in [-0.2, -0.15) is 11.5 Å². The van der Waals surface area contributed by atoms with E-state index in [-0.39, 0.29) is 29.3 Å². The molecule has 2 unspecified atom stereocenters.